The van der Waals surface area contributed by atoms with Gasteiger partial charge in [0.05, 0.1) is 11.1 Å². The molecule has 0 aliphatic rings. The lowest BCUT2D eigenvalue weighted by Gasteiger charge is -2.08. The van der Waals surface area contributed by atoms with Crippen molar-refractivity contribution in [3.63, 3.8) is 0 Å². The zero-order valence-corrected chi connectivity index (χ0v) is 8.41. The standard InChI is InChI=1S/C10H8ClFN2O/c11-7-2-1-6(3-8(7)12)10(13)9-4-15-5-14-9/h1-5,10H,13H2/t10-/m0/s1. The van der Waals surface area contributed by atoms with Crippen LogP contribution in [0, 0.1) is 5.82 Å². The van der Waals surface area contributed by atoms with Gasteiger partial charge in [0.1, 0.15) is 17.8 Å². The highest BCUT2D eigenvalue weighted by Crippen LogP contribution is 2.22. The lowest BCUT2D eigenvalue weighted by Crippen LogP contribution is -2.12. The van der Waals surface area contributed by atoms with Crippen LogP contribution in [-0.4, -0.2) is 4.98 Å². The van der Waals surface area contributed by atoms with E-state index in [2.05, 4.69) is 4.98 Å². The first-order chi connectivity index (χ1) is 7.18. The van der Waals surface area contributed by atoms with Gasteiger partial charge in [0.25, 0.3) is 0 Å². The van der Waals surface area contributed by atoms with Crippen molar-refractivity contribution in [2.45, 2.75) is 6.04 Å². The van der Waals surface area contributed by atoms with Gasteiger partial charge in [-0.05, 0) is 17.7 Å². The molecule has 0 aliphatic carbocycles. The summed E-state index contributed by atoms with van der Waals surface area (Å²) in [4.78, 5) is 3.90. The molecule has 0 fully saturated rings. The minimum Gasteiger partial charge on any atom is -0.451 e. The Morgan fingerprint density at radius 2 is 2.27 bits per heavy atom. The molecular weight excluding hydrogens is 219 g/mol. The van der Waals surface area contributed by atoms with Crippen LogP contribution >= 0.6 is 11.6 Å². The Labute approximate surface area is 90.7 Å². The number of nitrogens with two attached hydrogens (primary N) is 1. The van der Waals surface area contributed by atoms with Crippen LogP contribution in [-0.2, 0) is 0 Å². The Morgan fingerprint density at radius 3 is 2.87 bits per heavy atom. The van der Waals surface area contributed by atoms with E-state index in [1.807, 2.05) is 0 Å². The van der Waals surface area contributed by atoms with Crippen LogP contribution in [0.4, 0.5) is 4.39 Å². The molecule has 1 heterocycles. The molecule has 1 atom stereocenters. The van der Waals surface area contributed by atoms with E-state index >= 15 is 0 Å². The van der Waals surface area contributed by atoms with Gasteiger partial charge in [-0.1, -0.05) is 17.7 Å². The quantitative estimate of drug-likeness (QED) is 0.856. The fourth-order valence-electron chi connectivity index (χ4n) is 1.25. The SMILES string of the molecule is N[C@@H](c1ccc(Cl)c(F)c1)c1cocn1. The van der Waals surface area contributed by atoms with Crippen LogP contribution in [0.1, 0.15) is 17.3 Å². The highest BCUT2D eigenvalue weighted by molar-refractivity contribution is 6.30. The zero-order valence-electron chi connectivity index (χ0n) is 7.65. The zero-order chi connectivity index (χ0) is 10.8. The number of oxazole rings is 1. The van der Waals surface area contributed by atoms with Crippen molar-refractivity contribution in [2.24, 2.45) is 5.73 Å². The van der Waals surface area contributed by atoms with E-state index in [4.69, 9.17) is 21.8 Å². The van der Waals surface area contributed by atoms with Crippen LogP contribution < -0.4 is 5.73 Å². The third kappa shape index (κ3) is 2.00. The third-order valence-corrected chi connectivity index (χ3v) is 2.38. The van der Waals surface area contributed by atoms with Crippen LogP contribution in [0.15, 0.2) is 35.3 Å². The van der Waals surface area contributed by atoms with Gasteiger partial charge in [0.2, 0.25) is 0 Å². The largest absolute Gasteiger partial charge is 0.451 e. The molecular formula is C10H8ClFN2O. The predicted molar refractivity (Wildman–Crippen MR) is 53.9 cm³/mol. The molecule has 1 aromatic carbocycles. The monoisotopic (exact) mass is 226 g/mol. The maximum atomic E-state index is 13.1. The molecule has 0 radical (unpaired) electrons. The minimum absolute atomic E-state index is 0.0751. The van der Waals surface area contributed by atoms with Gasteiger partial charge in [0, 0.05) is 0 Å². The fourth-order valence-corrected chi connectivity index (χ4v) is 1.37. The van der Waals surface area contributed by atoms with Crippen LogP contribution in [0.25, 0.3) is 0 Å². The van der Waals surface area contributed by atoms with Crippen molar-refractivity contribution in [3.8, 4) is 0 Å². The average Bonchev–Trinajstić information content (AvgIpc) is 2.74. The summed E-state index contributed by atoms with van der Waals surface area (Å²) in [6.45, 7) is 0. The summed E-state index contributed by atoms with van der Waals surface area (Å²) in [5.74, 6) is -0.492. The molecule has 0 unspecified atom stereocenters. The molecule has 2 N–H and O–H groups in total. The molecule has 0 aliphatic heterocycles. The normalized spacial score (nSPS) is 12.7. The van der Waals surface area contributed by atoms with Crippen molar-refractivity contribution in [2.75, 3.05) is 0 Å². The molecule has 15 heavy (non-hydrogen) atoms. The number of hydrogen-bond donors (Lipinski definition) is 1. The number of benzene rings is 1. The molecule has 0 bridgehead atoms. The minimum atomic E-state index is -0.504. The number of rotatable bonds is 2. The molecule has 0 amide bonds. The van der Waals surface area contributed by atoms with Gasteiger partial charge in [-0.3, -0.25) is 0 Å². The van der Waals surface area contributed by atoms with E-state index in [0.29, 0.717) is 11.3 Å². The molecule has 5 heteroatoms. The number of hydrogen-bond acceptors (Lipinski definition) is 3. The van der Waals surface area contributed by atoms with Crippen LogP contribution in [0.5, 0.6) is 0 Å². The Balaban J connectivity index is 2.34. The van der Waals surface area contributed by atoms with Crippen molar-refractivity contribution >= 4 is 11.6 Å². The van der Waals surface area contributed by atoms with Crippen molar-refractivity contribution in [1.82, 2.24) is 4.98 Å². The van der Waals surface area contributed by atoms with Crippen LogP contribution in [0.3, 0.4) is 0 Å². The first kappa shape index (κ1) is 10.1. The number of halogens is 2. The smallest absolute Gasteiger partial charge is 0.180 e. The third-order valence-electron chi connectivity index (χ3n) is 2.07. The highest BCUT2D eigenvalue weighted by Gasteiger charge is 2.13. The maximum absolute atomic E-state index is 13.1. The summed E-state index contributed by atoms with van der Waals surface area (Å²) in [5.41, 5.74) is 7.00. The van der Waals surface area contributed by atoms with Crippen molar-refractivity contribution in [3.05, 3.63) is 53.0 Å². The lowest BCUT2D eigenvalue weighted by molar-refractivity contribution is 0.555. The Kier molecular flexibility index (Phi) is 2.70. The Morgan fingerprint density at radius 1 is 1.47 bits per heavy atom. The summed E-state index contributed by atoms with van der Waals surface area (Å²) in [5, 5.41) is 0.0751. The van der Waals surface area contributed by atoms with E-state index in [1.54, 1.807) is 6.07 Å². The maximum Gasteiger partial charge on any atom is 0.180 e. The molecule has 0 spiro atoms. The van der Waals surface area contributed by atoms with E-state index in [0.717, 1.165) is 0 Å². The van der Waals surface area contributed by atoms with E-state index in [9.17, 15) is 4.39 Å². The second kappa shape index (κ2) is 4.00. The summed E-state index contributed by atoms with van der Waals surface area (Å²) in [7, 11) is 0. The average molecular weight is 227 g/mol. The van der Waals surface area contributed by atoms with E-state index < -0.39 is 11.9 Å². The molecule has 3 nitrogen and oxygen atoms in total. The van der Waals surface area contributed by atoms with Gasteiger partial charge in [-0.2, -0.15) is 0 Å². The lowest BCUT2D eigenvalue weighted by atomic mass is 10.1. The second-order valence-electron chi connectivity index (χ2n) is 3.06. The summed E-state index contributed by atoms with van der Waals surface area (Å²) >= 11 is 5.56. The number of nitrogens with zero attached hydrogens (tertiary/aromatic N) is 1. The van der Waals surface area contributed by atoms with Gasteiger partial charge < -0.3 is 10.2 Å². The first-order valence-corrected chi connectivity index (χ1v) is 4.65. The first-order valence-electron chi connectivity index (χ1n) is 4.27. The van der Waals surface area contributed by atoms with E-state index in [1.165, 1.54) is 24.8 Å². The second-order valence-corrected chi connectivity index (χ2v) is 3.47. The Hall–Kier alpha value is -1.39. The molecule has 2 aromatic rings. The summed E-state index contributed by atoms with van der Waals surface area (Å²) in [6, 6.07) is 3.91. The Bertz CT molecular complexity index is 458. The van der Waals surface area contributed by atoms with Gasteiger partial charge in [-0.15, -0.1) is 0 Å². The van der Waals surface area contributed by atoms with Gasteiger partial charge in [0.15, 0.2) is 6.39 Å². The topological polar surface area (TPSA) is 52.0 Å². The molecule has 2 rings (SSSR count). The highest BCUT2D eigenvalue weighted by atomic mass is 35.5. The van der Waals surface area contributed by atoms with Crippen molar-refractivity contribution < 1.29 is 8.81 Å². The van der Waals surface area contributed by atoms with Gasteiger partial charge in [-0.25, -0.2) is 9.37 Å². The number of aromatic nitrogens is 1. The summed E-state index contributed by atoms with van der Waals surface area (Å²) < 4.78 is 18.0. The van der Waals surface area contributed by atoms with Crippen molar-refractivity contribution in [1.29, 1.82) is 0 Å². The fraction of sp³-hybridized carbons (Fsp3) is 0.100. The van der Waals surface area contributed by atoms with Gasteiger partial charge >= 0.3 is 0 Å². The molecule has 78 valence electrons. The summed E-state index contributed by atoms with van der Waals surface area (Å²) in [6.07, 6.45) is 2.71. The molecule has 1 aromatic heterocycles. The van der Waals surface area contributed by atoms with E-state index in [-0.39, 0.29) is 5.02 Å². The predicted octanol–water partition coefficient (Wildman–Crippen LogP) is 2.52. The van der Waals surface area contributed by atoms with Crippen LogP contribution in [0.2, 0.25) is 5.02 Å². The molecule has 0 saturated heterocycles. The molecule has 0 saturated carbocycles.